The monoisotopic (exact) mass is 312 g/mol. The van der Waals surface area contributed by atoms with E-state index in [2.05, 4.69) is 30.1 Å². The second-order valence-electron chi connectivity index (χ2n) is 6.79. The van der Waals surface area contributed by atoms with Crippen molar-refractivity contribution in [3.8, 4) is 0 Å². The summed E-state index contributed by atoms with van der Waals surface area (Å²) in [5.74, 6) is 0.119. The zero-order valence-corrected chi connectivity index (χ0v) is 13.7. The molecule has 1 aromatic heterocycles. The second-order valence-corrected chi connectivity index (χ2v) is 6.79. The summed E-state index contributed by atoms with van der Waals surface area (Å²) in [7, 11) is 0. The number of nitrogens with one attached hydrogen (secondary N) is 1. The number of aromatic nitrogens is 1. The minimum absolute atomic E-state index is 0.0887. The van der Waals surface area contributed by atoms with Gasteiger partial charge in [-0.1, -0.05) is 31.0 Å². The molecule has 1 atom stereocenters. The highest BCUT2D eigenvalue weighted by Gasteiger charge is 2.30. The summed E-state index contributed by atoms with van der Waals surface area (Å²) in [5.41, 5.74) is 3.72. The largest absolute Gasteiger partial charge is 0.368 e. The summed E-state index contributed by atoms with van der Waals surface area (Å²) in [5, 5.41) is 1.30. The molecule has 2 aliphatic rings. The molecule has 4 heteroatoms. The van der Waals surface area contributed by atoms with Gasteiger partial charge in [0.2, 0.25) is 5.91 Å². The van der Waals surface area contributed by atoms with Crippen molar-refractivity contribution < 1.29 is 9.53 Å². The van der Waals surface area contributed by atoms with Gasteiger partial charge in [0.1, 0.15) is 6.61 Å². The minimum Gasteiger partial charge on any atom is -0.368 e. The molecule has 0 bridgehead atoms. The maximum atomic E-state index is 12.6. The average Bonchev–Trinajstić information content (AvgIpc) is 3.21. The Morgan fingerprint density at radius 1 is 1.30 bits per heavy atom. The molecule has 1 aromatic carbocycles. The first kappa shape index (κ1) is 14.8. The molecule has 1 aliphatic heterocycles. The van der Waals surface area contributed by atoms with Gasteiger partial charge in [-0.25, -0.2) is 0 Å². The van der Waals surface area contributed by atoms with Crippen LogP contribution in [-0.4, -0.2) is 35.0 Å². The van der Waals surface area contributed by atoms with Crippen LogP contribution in [0.25, 0.3) is 10.9 Å². The summed E-state index contributed by atoms with van der Waals surface area (Å²) in [6, 6.07) is 8.49. The number of carbonyl (C=O) groups excluding carboxylic acids is 1. The number of benzene rings is 1. The van der Waals surface area contributed by atoms with Crippen LogP contribution in [-0.2, 0) is 16.0 Å². The number of rotatable bonds is 3. The van der Waals surface area contributed by atoms with Crippen molar-refractivity contribution in [2.75, 3.05) is 13.2 Å². The van der Waals surface area contributed by atoms with Crippen molar-refractivity contribution in [3.63, 3.8) is 0 Å². The van der Waals surface area contributed by atoms with Gasteiger partial charge in [-0.3, -0.25) is 4.79 Å². The molecule has 4 rings (SSSR count). The van der Waals surface area contributed by atoms with Crippen LogP contribution in [0.1, 0.15) is 49.9 Å². The van der Waals surface area contributed by atoms with Crippen LogP contribution in [0.4, 0.5) is 0 Å². The second kappa shape index (κ2) is 6.00. The van der Waals surface area contributed by atoms with Crippen molar-refractivity contribution in [2.45, 2.75) is 51.2 Å². The third-order valence-corrected chi connectivity index (χ3v) is 5.40. The highest BCUT2D eigenvalue weighted by atomic mass is 16.5. The van der Waals surface area contributed by atoms with Gasteiger partial charge in [-0.15, -0.1) is 0 Å². The van der Waals surface area contributed by atoms with E-state index >= 15 is 0 Å². The Morgan fingerprint density at radius 2 is 2.09 bits per heavy atom. The molecule has 1 saturated carbocycles. The Bertz CT molecular complexity index is 715. The number of amides is 1. The van der Waals surface area contributed by atoms with Gasteiger partial charge in [-0.2, -0.15) is 0 Å². The molecule has 4 nitrogen and oxygen atoms in total. The maximum absolute atomic E-state index is 12.6. The van der Waals surface area contributed by atoms with E-state index in [1.807, 2.05) is 11.0 Å². The molecule has 1 fully saturated rings. The van der Waals surface area contributed by atoms with E-state index in [1.54, 1.807) is 0 Å². The third kappa shape index (κ3) is 2.65. The number of carbonyl (C=O) groups is 1. The SMILES string of the molecule is C[C@@H]1c2[nH]c3ccccc3c2CCN1C(=O)COC1CCCC1. The Kier molecular flexibility index (Phi) is 3.85. The van der Waals surface area contributed by atoms with Gasteiger partial charge in [0.25, 0.3) is 0 Å². The van der Waals surface area contributed by atoms with E-state index in [0.29, 0.717) is 6.10 Å². The number of H-pyrrole nitrogens is 1. The summed E-state index contributed by atoms with van der Waals surface area (Å²) in [6.07, 6.45) is 5.89. The van der Waals surface area contributed by atoms with Gasteiger partial charge < -0.3 is 14.6 Å². The smallest absolute Gasteiger partial charge is 0.249 e. The van der Waals surface area contributed by atoms with Crippen LogP contribution in [0, 0.1) is 0 Å². The van der Waals surface area contributed by atoms with Crippen molar-refractivity contribution in [3.05, 3.63) is 35.5 Å². The number of aromatic amines is 1. The van der Waals surface area contributed by atoms with Gasteiger partial charge in [-0.05, 0) is 37.8 Å². The fourth-order valence-corrected chi connectivity index (χ4v) is 4.10. The molecule has 1 amide bonds. The zero-order chi connectivity index (χ0) is 15.8. The van der Waals surface area contributed by atoms with Crippen LogP contribution in [0.3, 0.4) is 0 Å². The first-order valence-electron chi connectivity index (χ1n) is 8.74. The van der Waals surface area contributed by atoms with Crippen molar-refractivity contribution in [1.29, 1.82) is 0 Å². The third-order valence-electron chi connectivity index (χ3n) is 5.40. The lowest BCUT2D eigenvalue weighted by atomic mass is 9.98. The normalized spacial score (nSPS) is 21.8. The molecule has 0 unspecified atom stereocenters. The molecule has 0 saturated heterocycles. The lowest BCUT2D eigenvalue weighted by Gasteiger charge is -2.33. The zero-order valence-electron chi connectivity index (χ0n) is 13.7. The van der Waals surface area contributed by atoms with E-state index in [-0.39, 0.29) is 18.6 Å². The van der Waals surface area contributed by atoms with Crippen molar-refractivity contribution in [2.24, 2.45) is 0 Å². The number of ether oxygens (including phenoxy) is 1. The predicted octanol–water partition coefficient (Wildman–Crippen LogP) is 3.57. The van der Waals surface area contributed by atoms with Crippen LogP contribution in [0.15, 0.2) is 24.3 Å². The average molecular weight is 312 g/mol. The lowest BCUT2D eigenvalue weighted by molar-refractivity contribution is -0.140. The summed E-state index contributed by atoms with van der Waals surface area (Å²) in [6.45, 7) is 3.12. The predicted molar refractivity (Wildman–Crippen MR) is 90.3 cm³/mol. The molecular weight excluding hydrogens is 288 g/mol. The first-order chi connectivity index (χ1) is 11.2. The van der Waals surface area contributed by atoms with E-state index in [9.17, 15) is 4.79 Å². The first-order valence-corrected chi connectivity index (χ1v) is 8.74. The van der Waals surface area contributed by atoms with Gasteiger partial charge in [0.15, 0.2) is 0 Å². The number of hydrogen-bond donors (Lipinski definition) is 1. The molecular formula is C19H24N2O2. The summed E-state index contributed by atoms with van der Waals surface area (Å²) < 4.78 is 5.81. The van der Waals surface area contributed by atoms with E-state index in [1.165, 1.54) is 35.0 Å². The standard InChI is InChI=1S/C19H24N2O2/c1-13-19-16(15-8-4-5-9-17(15)20-19)10-11-21(13)18(22)12-23-14-6-2-3-7-14/h4-5,8-9,13-14,20H,2-3,6-7,10-12H2,1H3/t13-/m1/s1. The van der Waals surface area contributed by atoms with Crippen molar-refractivity contribution in [1.82, 2.24) is 9.88 Å². The number of para-hydroxylation sites is 1. The molecule has 1 N–H and O–H groups in total. The van der Waals surface area contributed by atoms with Gasteiger partial charge >= 0.3 is 0 Å². The quantitative estimate of drug-likeness (QED) is 0.941. The minimum atomic E-state index is 0.0887. The molecule has 0 radical (unpaired) electrons. The van der Waals surface area contributed by atoms with Gasteiger partial charge in [0.05, 0.1) is 12.1 Å². The fraction of sp³-hybridized carbons (Fsp3) is 0.526. The van der Waals surface area contributed by atoms with Crippen LogP contribution >= 0.6 is 0 Å². The topological polar surface area (TPSA) is 45.3 Å². The Labute approximate surface area is 136 Å². The molecule has 1 aliphatic carbocycles. The Morgan fingerprint density at radius 3 is 2.91 bits per heavy atom. The van der Waals surface area contributed by atoms with Crippen LogP contribution in [0.5, 0.6) is 0 Å². The number of fused-ring (bicyclic) bond motifs is 3. The highest BCUT2D eigenvalue weighted by molar-refractivity contribution is 5.86. The number of hydrogen-bond acceptors (Lipinski definition) is 2. The van der Waals surface area contributed by atoms with Crippen LogP contribution < -0.4 is 0 Å². The van der Waals surface area contributed by atoms with Crippen LogP contribution in [0.2, 0.25) is 0 Å². The Hall–Kier alpha value is -1.81. The molecule has 2 aromatic rings. The Balaban J connectivity index is 1.50. The lowest BCUT2D eigenvalue weighted by Crippen LogP contribution is -2.41. The molecule has 23 heavy (non-hydrogen) atoms. The highest BCUT2D eigenvalue weighted by Crippen LogP contribution is 2.34. The maximum Gasteiger partial charge on any atom is 0.249 e. The van der Waals surface area contributed by atoms with E-state index in [0.717, 1.165) is 25.8 Å². The molecule has 0 spiro atoms. The molecule has 2 heterocycles. The molecule has 122 valence electrons. The number of nitrogens with zero attached hydrogens (tertiary/aromatic N) is 1. The van der Waals surface area contributed by atoms with Gasteiger partial charge in [0, 0.05) is 23.1 Å². The fourth-order valence-electron chi connectivity index (χ4n) is 4.10. The summed E-state index contributed by atoms with van der Waals surface area (Å²) >= 11 is 0. The summed E-state index contributed by atoms with van der Waals surface area (Å²) in [4.78, 5) is 18.1. The van der Waals surface area contributed by atoms with E-state index in [4.69, 9.17) is 4.74 Å². The van der Waals surface area contributed by atoms with Crippen molar-refractivity contribution >= 4 is 16.8 Å². The van der Waals surface area contributed by atoms with E-state index < -0.39 is 0 Å².